The molecule has 1 aliphatic rings. The van der Waals surface area contributed by atoms with Gasteiger partial charge in [0, 0.05) is 31.4 Å². The predicted octanol–water partition coefficient (Wildman–Crippen LogP) is 4.68. The van der Waals surface area contributed by atoms with Gasteiger partial charge in [0.2, 0.25) is 0 Å². The largest absolute Gasteiger partial charge is 0.338 e. The summed E-state index contributed by atoms with van der Waals surface area (Å²) in [4.78, 5) is 40.6. The van der Waals surface area contributed by atoms with Crippen molar-refractivity contribution in [3.63, 3.8) is 0 Å². The monoisotopic (exact) mass is 524 g/mol. The van der Waals surface area contributed by atoms with Crippen molar-refractivity contribution >= 4 is 51.6 Å². The summed E-state index contributed by atoms with van der Waals surface area (Å²) in [6, 6.07) is 11.7. The first-order chi connectivity index (χ1) is 17.4. The van der Waals surface area contributed by atoms with E-state index in [2.05, 4.69) is 20.4 Å². The number of hydrogen-bond donors (Lipinski definition) is 1. The molecule has 36 heavy (non-hydrogen) atoms. The Balaban J connectivity index is 1.20. The first kappa shape index (κ1) is 24.1. The van der Waals surface area contributed by atoms with Gasteiger partial charge in [0.1, 0.15) is 11.5 Å². The van der Waals surface area contributed by atoms with Gasteiger partial charge in [-0.3, -0.25) is 25.0 Å². The molecule has 2 amide bonds. The van der Waals surface area contributed by atoms with Crippen LogP contribution in [-0.4, -0.2) is 51.8 Å². The molecule has 11 heteroatoms. The van der Waals surface area contributed by atoms with Crippen molar-refractivity contribution in [1.29, 1.82) is 0 Å². The van der Waals surface area contributed by atoms with Crippen molar-refractivity contribution in [2.75, 3.05) is 25.1 Å². The van der Waals surface area contributed by atoms with Gasteiger partial charge >= 0.3 is 0 Å². The van der Waals surface area contributed by atoms with Gasteiger partial charge < -0.3 is 4.90 Å². The summed E-state index contributed by atoms with van der Waals surface area (Å²) in [6.07, 6.45) is 2.93. The number of rotatable bonds is 5. The maximum atomic E-state index is 14.2. The van der Waals surface area contributed by atoms with E-state index in [1.54, 1.807) is 23.5 Å². The molecule has 2 aromatic carbocycles. The normalized spacial score (nSPS) is 14.1. The summed E-state index contributed by atoms with van der Waals surface area (Å²) in [5.74, 6) is -0.762. The Hall–Kier alpha value is -3.63. The van der Waals surface area contributed by atoms with Crippen molar-refractivity contribution in [2.24, 2.45) is 0 Å². The molecule has 3 heterocycles. The number of likely N-dealkylation sites (tertiary alicyclic amines) is 1. The highest BCUT2D eigenvalue weighted by molar-refractivity contribution is 7.09. The summed E-state index contributed by atoms with van der Waals surface area (Å²) < 4.78 is 14.2. The second-order valence-corrected chi connectivity index (χ2v) is 9.75. The number of anilines is 1. The Morgan fingerprint density at radius 3 is 2.61 bits per heavy atom. The molecule has 1 saturated heterocycles. The van der Waals surface area contributed by atoms with E-state index < -0.39 is 11.7 Å². The van der Waals surface area contributed by atoms with Crippen LogP contribution < -0.4 is 10.4 Å². The molecule has 4 aromatic rings. The number of hydrogen-bond acceptors (Lipinski definition) is 7. The van der Waals surface area contributed by atoms with E-state index in [-0.39, 0.29) is 22.4 Å². The molecular formula is C25H22ClFN6O2S. The summed E-state index contributed by atoms with van der Waals surface area (Å²) in [7, 11) is 1.69. The number of fused-ring (bicyclic) bond motifs is 1. The van der Waals surface area contributed by atoms with Crippen LogP contribution in [0, 0.1) is 5.82 Å². The Morgan fingerprint density at radius 1 is 1.11 bits per heavy atom. The second kappa shape index (κ2) is 10.2. The van der Waals surface area contributed by atoms with E-state index in [1.807, 2.05) is 24.3 Å². The number of hydrazine groups is 1. The fourth-order valence-electron chi connectivity index (χ4n) is 4.15. The molecule has 184 valence electrons. The maximum Gasteiger partial charge on any atom is 0.289 e. The summed E-state index contributed by atoms with van der Waals surface area (Å²) >= 11 is 7.47. The number of piperidine rings is 1. The number of aromatic nitrogens is 3. The summed E-state index contributed by atoms with van der Waals surface area (Å²) in [5.41, 5.74) is 4.50. The highest BCUT2D eigenvalue weighted by Gasteiger charge is 2.29. The van der Waals surface area contributed by atoms with Crippen LogP contribution in [0.1, 0.15) is 44.6 Å². The van der Waals surface area contributed by atoms with Crippen molar-refractivity contribution < 1.29 is 14.0 Å². The van der Waals surface area contributed by atoms with Gasteiger partial charge in [-0.2, -0.15) is 0 Å². The first-order valence-electron chi connectivity index (χ1n) is 11.4. The highest BCUT2D eigenvalue weighted by atomic mass is 35.5. The van der Waals surface area contributed by atoms with Crippen molar-refractivity contribution in [2.45, 2.75) is 18.8 Å². The van der Waals surface area contributed by atoms with Crippen LogP contribution in [0.15, 0.2) is 54.0 Å². The van der Waals surface area contributed by atoms with Crippen LogP contribution in [0.5, 0.6) is 0 Å². The zero-order valence-corrected chi connectivity index (χ0v) is 20.9. The lowest BCUT2D eigenvalue weighted by Crippen LogP contribution is -2.40. The third kappa shape index (κ3) is 4.87. The number of carbonyl (C=O) groups is 2. The average Bonchev–Trinajstić information content (AvgIpc) is 3.39. The molecule has 8 nitrogen and oxygen atoms in total. The van der Waals surface area contributed by atoms with Gasteiger partial charge in [-0.05, 0) is 37.1 Å². The molecule has 1 fully saturated rings. The Bertz CT molecular complexity index is 1420. The standard InChI is InChI=1S/C25H22ClFN6O2S/c1-32(21-13-28-18-7-2-3-8-19(18)29-21)31-23(34)20-14-36-24(30-20)15-9-11-33(12-10-15)25(35)22-16(26)5-4-6-17(22)27/h2-8,13-15H,9-12H2,1H3,(H,31,34). The van der Waals surface area contributed by atoms with Crippen LogP contribution in [0.2, 0.25) is 5.02 Å². The molecule has 0 aliphatic carbocycles. The summed E-state index contributed by atoms with van der Waals surface area (Å²) in [5, 5.41) is 4.18. The second-order valence-electron chi connectivity index (χ2n) is 8.45. The summed E-state index contributed by atoms with van der Waals surface area (Å²) in [6.45, 7) is 0.914. The SMILES string of the molecule is CN(NC(=O)c1csc(C2CCN(C(=O)c3c(F)cccc3Cl)CC2)n1)c1cnc2ccccc2n1. The van der Waals surface area contributed by atoms with Gasteiger partial charge in [0.15, 0.2) is 5.82 Å². The van der Waals surface area contributed by atoms with Crippen molar-refractivity contribution in [3.8, 4) is 0 Å². The van der Waals surface area contributed by atoms with Crippen molar-refractivity contribution in [1.82, 2.24) is 25.3 Å². The minimum atomic E-state index is -0.621. The Morgan fingerprint density at radius 2 is 1.86 bits per heavy atom. The van der Waals surface area contributed by atoms with E-state index in [4.69, 9.17) is 11.6 Å². The Kier molecular flexibility index (Phi) is 6.80. The van der Waals surface area contributed by atoms with Crippen LogP contribution in [0.25, 0.3) is 11.0 Å². The maximum absolute atomic E-state index is 14.2. The minimum absolute atomic E-state index is 0.0916. The quantitative estimate of drug-likeness (QED) is 0.381. The van der Waals surface area contributed by atoms with Crippen LogP contribution in [-0.2, 0) is 0 Å². The highest BCUT2D eigenvalue weighted by Crippen LogP contribution is 2.32. The molecule has 0 unspecified atom stereocenters. The number of benzene rings is 2. The third-order valence-electron chi connectivity index (χ3n) is 6.11. The van der Waals surface area contributed by atoms with Crippen LogP contribution in [0.3, 0.4) is 0 Å². The molecular weight excluding hydrogens is 503 g/mol. The van der Waals surface area contributed by atoms with E-state index in [0.717, 1.165) is 16.0 Å². The molecule has 0 spiro atoms. The molecule has 1 aliphatic heterocycles. The molecule has 5 rings (SSSR count). The average molecular weight is 525 g/mol. The topological polar surface area (TPSA) is 91.3 Å². The number of amides is 2. The van der Waals surface area contributed by atoms with E-state index >= 15 is 0 Å². The zero-order valence-electron chi connectivity index (χ0n) is 19.3. The molecule has 2 aromatic heterocycles. The van der Waals surface area contributed by atoms with Gasteiger partial charge in [-0.25, -0.2) is 14.4 Å². The van der Waals surface area contributed by atoms with E-state index in [1.165, 1.54) is 34.5 Å². The fourth-order valence-corrected chi connectivity index (χ4v) is 5.36. The molecule has 1 N–H and O–H groups in total. The minimum Gasteiger partial charge on any atom is -0.338 e. The van der Waals surface area contributed by atoms with E-state index in [9.17, 15) is 14.0 Å². The predicted molar refractivity (Wildman–Crippen MR) is 137 cm³/mol. The number of thiazole rings is 1. The number of carbonyl (C=O) groups excluding carboxylic acids is 2. The number of nitrogens with one attached hydrogen (secondary N) is 1. The number of para-hydroxylation sites is 2. The smallest absolute Gasteiger partial charge is 0.289 e. The van der Waals surface area contributed by atoms with Gasteiger partial charge in [0.25, 0.3) is 11.8 Å². The molecule has 0 bridgehead atoms. The lowest BCUT2D eigenvalue weighted by atomic mass is 9.97. The molecule has 0 saturated carbocycles. The van der Waals surface area contributed by atoms with Crippen molar-refractivity contribution in [3.05, 3.63) is 81.1 Å². The zero-order chi connectivity index (χ0) is 25.2. The van der Waals surface area contributed by atoms with E-state index in [0.29, 0.717) is 37.4 Å². The lowest BCUT2D eigenvalue weighted by Gasteiger charge is -2.31. The van der Waals surface area contributed by atoms with Crippen LogP contribution >= 0.6 is 22.9 Å². The molecule has 0 atom stereocenters. The number of halogens is 2. The molecule has 0 radical (unpaired) electrons. The van der Waals surface area contributed by atoms with Crippen LogP contribution in [0.4, 0.5) is 10.2 Å². The Labute approximate surface area is 215 Å². The number of nitrogens with zero attached hydrogens (tertiary/aromatic N) is 5. The first-order valence-corrected chi connectivity index (χ1v) is 12.6. The fraction of sp³-hybridized carbons (Fsp3) is 0.240. The van der Waals surface area contributed by atoms with Gasteiger partial charge in [0.05, 0.1) is 32.8 Å². The lowest BCUT2D eigenvalue weighted by molar-refractivity contribution is 0.0708. The van der Waals surface area contributed by atoms with Gasteiger partial charge in [-0.1, -0.05) is 29.8 Å². The van der Waals surface area contributed by atoms with Gasteiger partial charge in [-0.15, -0.1) is 11.3 Å². The third-order valence-corrected chi connectivity index (χ3v) is 7.43.